The molecule has 0 radical (unpaired) electrons. The Balaban J connectivity index is 1.98. The summed E-state index contributed by atoms with van der Waals surface area (Å²) >= 11 is 0. The molecular formula is C11H14N4O3. The van der Waals surface area contributed by atoms with Gasteiger partial charge in [-0.2, -0.15) is 10.1 Å². The summed E-state index contributed by atoms with van der Waals surface area (Å²) in [4.78, 5) is 15.8. The predicted molar refractivity (Wildman–Crippen MR) is 60.7 cm³/mol. The summed E-state index contributed by atoms with van der Waals surface area (Å²) in [6.07, 6.45) is 2.57. The monoisotopic (exact) mass is 250 g/mol. The Labute approximate surface area is 104 Å². The van der Waals surface area contributed by atoms with Gasteiger partial charge in [-0.25, -0.2) is 4.79 Å². The second kappa shape index (κ2) is 5.44. The highest BCUT2D eigenvalue weighted by Gasteiger charge is 2.19. The molecule has 96 valence electrons. The minimum Gasteiger partial charge on any atom is -0.448 e. The SMILES string of the molecule is CCCc1noc(C(C)OC(=O)c2ccn[nH]2)n1. The second-order valence-electron chi connectivity index (χ2n) is 3.82. The normalized spacial score (nSPS) is 12.3. The van der Waals surface area contributed by atoms with E-state index < -0.39 is 12.1 Å². The molecule has 0 fully saturated rings. The van der Waals surface area contributed by atoms with E-state index >= 15 is 0 Å². The zero-order valence-corrected chi connectivity index (χ0v) is 10.2. The maximum atomic E-state index is 11.6. The lowest BCUT2D eigenvalue weighted by molar-refractivity contribution is 0.0258. The van der Waals surface area contributed by atoms with Crippen LogP contribution in [-0.2, 0) is 11.2 Å². The van der Waals surface area contributed by atoms with Crippen LogP contribution in [0.25, 0.3) is 0 Å². The van der Waals surface area contributed by atoms with Crippen molar-refractivity contribution in [3.8, 4) is 0 Å². The van der Waals surface area contributed by atoms with E-state index in [0.717, 1.165) is 12.8 Å². The Bertz CT molecular complexity index is 506. The molecule has 2 rings (SSSR count). The summed E-state index contributed by atoms with van der Waals surface area (Å²) in [7, 11) is 0. The third-order valence-corrected chi connectivity index (χ3v) is 2.31. The van der Waals surface area contributed by atoms with Gasteiger partial charge in [0, 0.05) is 12.6 Å². The Morgan fingerprint density at radius 2 is 2.44 bits per heavy atom. The molecular weight excluding hydrogens is 236 g/mol. The van der Waals surface area contributed by atoms with Gasteiger partial charge in [0.2, 0.25) is 0 Å². The van der Waals surface area contributed by atoms with Gasteiger partial charge >= 0.3 is 5.97 Å². The van der Waals surface area contributed by atoms with Crippen molar-refractivity contribution < 1.29 is 14.1 Å². The molecule has 7 heteroatoms. The number of aromatic amines is 1. The number of rotatable bonds is 5. The summed E-state index contributed by atoms with van der Waals surface area (Å²) in [5.41, 5.74) is 0.287. The number of esters is 1. The highest BCUT2D eigenvalue weighted by atomic mass is 16.6. The van der Waals surface area contributed by atoms with Crippen molar-refractivity contribution in [2.75, 3.05) is 0 Å². The van der Waals surface area contributed by atoms with Crippen LogP contribution in [0.5, 0.6) is 0 Å². The van der Waals surface area contributed by atoms with Crippen molar-refractivity contribution in [2.24, 2.45) is 0 Å². The summed E-state index contributed by atoms with van der Waals surface area (Å²) in [6.45, 7) is 3.70. The van der Waals surface area contributed by atoms with E-state index in [2.05, 4.69) is 20.3 Å². The molecule has 0 aliphatic heterocycles. The largest absolute Gasteiger partial charge is 0.448 e. The Kier molecular flexibility index (Phi) is 3.71. The molecule has 1 N–H and O–H groups in total. The number of aromatic nitrogens is 4. The molecule has 1 unspecified atom stereocenters. The molecule has 1 atom stereocenters. The first-order valence-electron chi connectivity index (χ1n) is 5.73. The van der Waals surface area contributed by atoms with Crippen LogP contribution in [0.3, 0.4) is 0 Å². The predicted octanol–water partition coefficient (Wildman–Crippen LogP) is 1.66. The molecule has 0 bridgehead atoms. The van der Waals surface area contributed by atoms with Gasteiger partial charge in [-0.3, -0.25) is 5.10 Å². The number of carbonyl (C=O) groups is 1. The van der Waals surface area contributed by atoms with Gasteiger partial charge in [-0.15, -0.1) is 0 Å². The van der Waals surface area contributed by atoms with Crippen LogP contribution in [0.4, 0.5) is 0 Å². The highest BCUT2D eigenvalue weighted by molar-refractivity contribution is 5.87. The fraction of sp³-hybridized carbons (Fsp3) is 0.455. The van der Waals surface area contributed by atoms with Gasteiger partial charge in [0.25, 0.3) is 5.89 Å². The Hall–Kier alpha value is -2.18. The molecule has 0 aliphatic rings. The summed E-state index contributed by atoms with van der Waals surface area (Å²) in [5.74, 6) is 0.415. The average Bonchev–Trinajstić information content (AvgIpc) is 3.00. The molecule has 2 heterocycles. The lowest BCUT2D eigenvalue weighted by Crippen LogP contribution is -2.10. The van der Waals surface area contributed by atoms with E-state index in [1.807, 2.05) is 6.92 Å². The van der Waals surface area contributed by atoms with E-state index in [1.165, 1.54) is 12.3 Å². The van der Waals surface area contributed by atoms with E-state index in [4.69, 9.17) is 9.26 Å². The Morgan fingerprint density at radius 1 is 1.61 bits per heavy atom. The van der Waals surface area contributed by atoms with Crippen LogP contribution < -0.4 is 0 Å². The number of nitrogens with one attached hydrogen (secondary N) is 1. The molecule has 0 saturated carbocycles. The number of aryl methyl sites for hydroxylation is 1. The van der Waals surface area contributed by atoms with Gasteiger partial charge < -0.3 is 9.26 Å². The smallest absolute Gasteiger partial charge is 0.357 e. The van der Waals surface area contributed by atoms with E-state index in [0.29, 0.717) is 11.7 Å². The van der Waals surface area contributed by atoms with Gasteiger partial charge in [0.05, 0.1) is 0 Å². The number of hydrogen-bond acceptors (Lipinski definition) is 6. The van der Waals surface area contributed by atoms with Crippen molar-refractivity contribution in [1.82, 2.24) is 20.3 Å². The molecule has 2 aromatic rings. The first kappa shape index (κ1) is 12.3. The van der Waals surface area contributed by atoms with Gasteiger partial charge in [0.15, 0.2) is 11.9 Å². The molecule has 2 aromatic heterocycles. The Morgan fingerprint density at radius 3 is 3.11 bits per heavy atom. The fourth-order valence-corrected chi connectivity index (χ4v) is 1.40. The number of hydrogen-bond donors (Lipinski definition) is 1. The van der Waals surface area contributed by atoms with Crippen molar-refractivity contribution in [3.05, 3.63) is 29.7 Å². The maximum absolute atomic E-state index is 11.6. The number of nitrogens with zero attached hydrogens (tertiary/aromatic N) is 3. The van der Waals surface area contributed by atoms with Gasteiger partial charge in [0.1, 0.15) is 5.69 Å². The quantitative estimate of drug-likeness (QED) is 0.811. The zero-order chi connectivity index (χ0) is 13.0. The first-order valence-corrected chi connectivity index (χ1v) is 5.73. The average molecular weight is 250 g/mol. The van der Waals surface area contributed by atoms with Crippen LogP contribution in [-0.4, -0.2) is 26.3 Å². The standard InChI is InChI=1S/C11H14N4O3/c1-3-4-9-13-10(18-15-9)7(2)17-11(16)8-5-6-12-14-8/h5-7H,3-4H2,1-2H3,(H,12,14). The molecule has 0 spiro atoms. The van der Waals surface area contributed by atoms with Crippen LogP contribution in [0, 0.1) is 0 Å². The number of H-pyrrole nitrogens is 1. The second-order valence-corrected chi connectivity index (χ2v) is 3.82. The van der Waals surface area contributed by atoms with Gasteiger partial charge in [-0.1, -0.05) is 12.1 Å². The van der Waals surface area contributed by atoms with Crippen molar-refractivity contribution in [3.63, 3.8) is 0 Å². The molecule has 0 aromatic carbocycles. The lowest BCUT2D eigenvalue weighted by atomic mass is 10.3. The molecule has 18 heavy (non-hydrogen) atoms. The van der Waals surface area contributed by atoms with E-state index in [1.54, 1.807) is 6.92 Å². The van der Waals surface area contributed by atoms with Crippen molar-refractivity contribution in [1.29, 1.82) is 0 Å². The van der Waals surface area contributed by atoms with Crippen LogP contribution in [0.1, 0.15) is 48.6 Å². The maximum Gasteiger partial charge on any atom is 0.357 e. The van der Waals surface area contributed by atoms with Crippen molar-refractivity contribution >= 4 is 5.97 Å². The molecule has 7 nitrogen and oxygen atoms in total. The minimum atomic E-state index is -0.584. The number of ether oxygens (including phenoxy) is 1. The molecule has 0 aliphatic carbocycles. The van der Waals surface area contributed by atoms with Crippen molar-refractivity contribution in [2.45, 2.75) is 32.8 Å². The third-order valence-electron chi connectivity index (χ3n) is 2.31. The van der Waals surface area contributed by atoms with Crippen LogP contribution in [0.15, 0.2) is 16.8 Å². The zero-order valence-electron chi connectivity index (χ0n) is 10.2. The van der Waals surface area contributed by atoms with Crippen LogP contribution in [0.2, 0.25) is 0 Å². The lowest BCUT2D eigenvalue weighted by Gasteiger charge is -2.07. The number of carbonyl (C=O) groups excluding carboxylic acids is 1. The summed E-state index contributed by atoms with van der Waals surface area (Å²) in [6, 6.07) is 1.53. The van der Waals surface area contributed by atoms with Crippen LogP contribution >= 0.6 is 0 Å². The van der Waals surface area contributed by atoms with E-state index in [-0.39, 0.29) is 5.69 Å². The minimum absolute atomic E-state index is 0.287. The highest BCUT2D eigenvalue weighted by Crippen LogP contribution is 2.16. The third kappa shape index (κ3) is 2.73. The first-order chi connectivity index (χ1) is 8.70. The van der Waals surface area contributed by atoms with Gasteiger partial charge in [-0.05, 0) is 19.4 Å². The fourth-order valence-electron chi connectivity index (χ4n) is 1.40. The summed E-state index contributed by atoms with van der Waals surface area (Å²) < 4.78 is 10.2. The topological polar surface area (TPSA) is 93.9 Å². The summed E-state index contributed by atoms with van der Waals surface area (Å²) in [5, 5.41) is 10.0. The van der Waals surface area contributed by atoms with E-state index in [9.17, 15) is 4.79 Å². The molecule has 0 saturated heterocycles. The molecule has 0 amide bonds.